The van der Waals surface area contributed by atoms with Crippen molar-refractivity contribution in [1.82, 2.24) is 4.98 Å². The maximum absolute atomic E-state index is 11.2. The molecular weight excluding hydrogens is 266 g/mol. The zero-order valence-corrected chi connectivity index (χ0v) is 11.0. The maximum Gasteiger partial charge on any atom is 0.339 e. The Labute approximate surface area is 114 Å². The Morgan fingerprint density at radius 3 is 2.95 bits per heavy atom. The van der Waals surface area contributed by atoms with E-state index in [0.29, 0.717) is 13.2 Å². The summed E-state index contributed by atoms with van der Waals surface area (Å²) in [7, 11) is 0. The standard InChI is InChI=1S/C12H15N3O5/c1-12(3-2-4-20-7-12)14-10-9(11(16)17)5-8(6-13-10)15(18)19/h5-6H,2-4,7H2,1H3,(H,13,14)(H,16,17). The molecule has 1 aliphatic rings. The summed E-state index contributed by atoms with van der Waals surface area (Å²) in [4.78, 5) is 25.1. The van der Waals surface area contributed by atoms with Gasteiger partial charge in [-0.25, -0.2) is 9.78 Å². The van der Waals surface area contributed by atoms with Crippen LogP contribution in [0.4, 0.5) is 11.5 Å². The van der Waals surface area contributed by atoms with Gasteiger partial charge in [0.05, 0.1) is 17.1 Å². The number of nitrogens with zero attached hydrogens (tertiary/aromatic N) is 2. The molecular formula is C12H15N3O5. The number of hydrogen-bond donors (Lipinski definition) is 2. The fraction of sp³-hybridized carbons (Fsp3) is 0.500. The van der Waals surface area contributed by atoms with Gasteiger partial charge < -0.3 is 15.2 Å². The first-order valence-corrected chi connectivity index (χ1v) is 6.15. The van der Waals surface area contributed by atoms with Gasteiger partial charge in [-0.05, 0) is 19.8 Å². The van der Waals surface area contributed by atoms with E-state index in [2.05, 4.69) is 10.3 Å². The lowest BCUT2D eigenvalue weighted by Crippen LogP contribution is -2.43. The molecule has 1 aromatic heterocycles. The predicted molar refractivity (Wildman–Crippen MR) is 69.9 cm³/mol. The van der Waals surface area contributed by atoms with Gasteiger partial charge >= 0.3 is 5.97 Å². The topological polar surface area (TPSA) is 115 Å². The van der Waals surface area contributed by atoms with E-state index in [0.717, 1.165) is 25.1 Å². The molecule has 1 aliphatic heterocycles. The van der Waals surface area contributed by atoms with Gasteiger partial charge in [-0.1, -0.05) is 0 Å². The first-order valence-electron chi connectivity index (χ1n) is 6.15. The number of rotatable bonds is 4. The molecule has 1 atom stereocenters. The van der Waals surface area contributed by atoms with Crippen LogP contribution in [0, 0.1) is 10.1 Å². The lowest BCUT2D eigenvalue weighted by Gasteiger charge is -2.35. The second kappa shape index (κ2) is 5.41. The van der Waals surface area contributed by atoms with Crippen LogP contribution in [0.2, 0.25) is 0 Å². The van der Waals surface area contributed by atoms with Crippen LogP contribution in [0.3, 0.4) is 0 Å². The molecule has 1 unspecified atom stereocenters. The van der Waals surface area contributed by atoms with Crippen LogP contribution < -0.4 is 5.32 Å². The Morgan fingerprint density at radius 2 is 2.40 bits per heavy atom. The quantitative estimate of drug-likeness (QED) is 0.637. The Morgan fingerprint density at radius 1 is 1.65 bits per heavy atom. The van der Waals surface area contributed by atoms with Crippen molar-refractivity contribution in [3.63, 3.8) is 0 Å². The van der Waals surface area contributed by atoms with Gasteiger partial charge in [0.1, 0.15) is 17.6 Å². The van der Waals surface area contributed by atoms with Gasteiger partial charge in [-0.15, -0.1) is 0 Å². The number of carboxylic acids is 1. The predicted octanol–water partition coefficient (Wildman–Crippen LogP) is 1.67. The van der Waals surface area contributed by atoms with E-state index in [-0.39, 0.29) is 17.1 Å². The van der Waals surface area contributed by atoms with Gasteiger partial charge in [-0.3, -0.25) is 10.1 Å². The van der Waals surface area contributed by atoms with Crippen molar-refractivity contribution in [3.05, 3.63) is 27.9 Å². The Bertz CT molecular complexity index is 540. The van der Waals surface area contributed by atoms with Crippen molar-refractivity contribution in [3.8, 4) is 0 Å². The second-order valence-electron chi connectivity index (χ2n) is 4.99. The molecule has 0 saturated carbocycles. The third-order valence-electron chi connectivity index (χ3n) is 3.17. The first kappa shape index (κ1) is 14.2. The van der Waals surface area contributed by atoms with Crippen LogP contribution in [0.25, 0.3) is 0 Å². The summed E-state index contributed by atoms with van der Waals surface area (Å²) in [5.41, 5.74) is -0.991. The molecule has 0 spiro atoms. The van der Waals surface area contributed by atoms with E-state index >= 15 is 0 Å². The fourth-order valence-electron chi connectivity index (χ4n) is 2.13. The Balaban J connectivity index is 2.31. The van der Waals surface area contributed by atoms with E-state index in [1.807, 2.05) is 6.92 Å². The lowest BCUT2D eigenvalue weighted by atomic mass is 9.94. The number of aromatic nitrogens is 1. The highest BCUT2D eigenvalue weighted by Gasteiger charge is 2.30. The molecule has 2 N–H and O–H groups in total. The first-order chi connectivity index (χ1) is 9.41. The van der Waals surface area contributed by atoms with Crippen LogP contribution >= 0.6 is 0 Å². The van der Waals surface area contributed by atoms with Gasteiger partial charge in [0.15, 0.2) is 0 Å². The normalized spacial score (nSPS) is 22.2. The summed E-state index contributed by atoms with van der Waals surface area (Å²) >= 11 is 0. The van der Waals surface area contributed by atoms with Gasteiger partial charge in [-0.2, -0.15) is 0 Å². The van der Waals surface area contributed by atoms with Crippen molar-refractivity contribution in [1.29, 1.82) is 0 Å². The second-order valence-corrected chi connectivity index (χ2v) is 4.99. The van der Waals surface area contributed by atoms with E-state index in [4.69, 9.17) is 9.84 Å². The minimum Gasteiger partial charge on any atom is -0.478 e. The molecule has 0 radical (unpaired) electrons. The highest BCUT2D eigenvalue weighted by molar-refractivity contribution is 5.93. The molecule has 1 aromatic rings. The molecule has 8 nitrogen and oxygen atoms in total. The maximum atomic E-state index is 11.2. The van der Waals surface area contributed by atoms with Crippen molar-refractivity contribution in [2.75, 3.05) is 18.5 Å². The van der Waals surface area contributed by atoms with Crippen LogP contribution in [-0.4, -0.2) is 39.7 Å². The molecule has 1 saturated heterocycles. The summed E-state index contributed by atoms with van der Waals surface area (Å²) < 4.78 is 5.37. The van der Waals surface area contributed by atoms with Crippen LogP contribution in [0.5, 0.6) is 0 Å². The molecule has 1 fully saturated rings. The van der Waals surface area contributed by atoms with E-state index in [1.54, 1.807) is 0 Å². The molecule has 20 heavy (non-hydrogen) atoms. The summed E-state index contributed by atoms with van der Waals surface area (Å²) in [6.45, 7) is 3.02. The van der Waals surface area contributed by atoms with Gasteiger partial charge in [0, 0.05) is 12.7 Å². The van der Waals surface area contributed by atoms with Gasteiger partial charge in [0.25, 0.3) is 5.69 Å². The van der Waals surface area contributed by atoms with Crippen molar-refractivity contribution >= 4 is 17.5 Å². The zero-order valence-electron chi connectivity index (χ0n) is 11.0. The number of aromatic carboxylic acids is 1. The highest BCUT2D eigenvalue weighted by atomic mass is 16.6. The number of ether oxygens (including phenoxy) is 1. The molecule has 108 valence electrons. The summed E-state index contributed by atoms with van der Waals surface area (Å²) in [5.74, 6) is -1.14. The molecule has 2 heterocycles. The Kier molecular flexibility index (Phi) is 3.84. The number of pyridine rings is 1. The summed E-state index contributed by atoms with van der Waals surface area (Å²) in [6, 6.07) is 1.00. The van der Waals surface area contributed by atoms with Crippen molar-refractivity contribution in [2.24, 2.45) is 0 Å². The summed E-state index contributed by atoms with van der Waals surface area (Å²) in [5, 5.41) is 22.9. The number of hydrogen-bond acceptors (Lipinski definition) is 6. The molecule has 0 aromatic carbocycles. The fourth-order valence-corrected chi connectivity index (χ4v) is 2.13. The molecule has 0 bridgehead atoms. The van der Waals surface area contributed by atoms with E-state index in [9.17, 15) is 14.9 Å². The molecule has 0 amide bonds. The smallest absolute Gasteiger partial charge is 0.339 e. The third-order valence-corrected chi connectivity index (χ3v) is 3.17. The summed E-state index contributed by atoms with van der Waals surface area (Å²) in [6.07, 6.45) is 2.71. The monoisotopic (exact) mass is 281 g/mol. The number of nitrogens with one attached hydrogen (secondary N) is 1. The average Bonchev–Trinajstić information content (AvgIpc) is 2.39. The molecule has 8 heteroatoms. The minimum absolute atomic E-state index is 0.121. The molecule has 0 aliphatic carbocycles. The van der Waals surface area contributed by atoms with Crippen molar-refractivity contribution in [2.45, 2.75) is 25.3 Å². The zero-order chi connectivity index (χ0) is 14.8. The largest absolute Gasteiger partial charge is 0.478 e. The number of carboxylic acid groups (broad SMARTS) is 1. The third kappa shape index (κ3) is 3.02. The average molecular weight is 281 g/mol. The van der Waals surface area contributed by atoms with E-state index in [1.165, 1.54) is 0 Å². The minimum atomic E-state index is -1.26. The highest BCUT2D eigenvalue weighted by Crippen LogP contribution is 2.26. The van der Waals surface area contributed by atoms with Crippen LogP contribution in [0.15, 0.2) is 12.3 Å². The number of carbonyl (C=O) groups is 1. The van der Waals surface area contributed by atoms with E-state index < -0.39 is 16.4 Å². The number of nitro groups is 1. The van der Waals surface area contributed by atoms with Crippen molar-refractivity contribution < 1.29 is 19.6 Å². The SMILES string of the molecule is CC1(Nc2ncc([N+](=O)[O-])cc2C(=O)O)CCCOC1. The number of anilines is 1. The Hall–Kier alpha value is -2.22. The lowest BCUT2D eigenvalue weighted by molar-refractivity contribution is -0.385. The van der Waals surface area contributed by atoms with Crippen LogP contribution in [0.1, 0.15) is 30.1 Å². The van der Waals surface area contributed by atoms with Crippen LogP contribution in [-0.2, 0) is 4.74 Å². The van der Waals surface area contributed by atoms with Gasteiger partial charge in [0.2, 0.25) is 0 Å². The molecule has 2 rings (SSSR count).